The highest BCUT2D eigenvalue weighted by atomic mass is 35.5. The molecule has 2 aromatic heterocycles. The first-order valence-electron chi connectivity index (χ1n) is 22.0. The van der Waals surface area contributed by atoms with E-state index in [9.17, 15) is 24.4 Å². The number of benzene rings is 2. The number of amides is 4. The van der Waals surface area contributed by atoms with E-state index in [4.69, 9.17) is 38.0 Å². The summed E-state index contributed by atoms with van der Waals surface area (Å²) in [6.45, 7) is 13.6. The standard InChI is InChI=1S/C48H57ClN8O7S2/c1-31-41(66-30-53-31)33-14-12-32(13-15-33)27-52-43(59)39-11-9-20-55(39)44(60)42(47(2,3)4)54-40(58)29-63-23-10-22-62-21-7-8-24-64-36-18-16-34(17-19-36)57-46(65)56(45(61)48(57,5)6)35-25-37(49)38(26-50)51-28-35/h12-19,25,28,30,39,42H,7-11,20-24,27,29H2,1-6H3,(H,52,59)(H,54,58)/t39-,42+/m0/s1. The van der Waals surface area contributed by atoms with Crippen LogP contribution in [0.5, 0.6) is 5.75 Å². The molecule has 6 rings (SSSR count). The van der Waals surface area contributed by atoms with Crippen LogP contribution >= 0.6 is 35.2 Å². The van der Waals surface area contributed by atoms with Gasteiger partial charge >= 0.3 is 0 Å². The van der Waals surface area contributed by atoms with Gasteiger partial charge in [0, 0.05) is 38.6 Å². The van der Waals surface area contributed by atoms with Gasteiger partial charge in [-0.15, -0.1) is 11.3 Å². The molecule has 15 nitrogen and oxygen atoms in total. The van der Waals surface area contributed by atoms with Crippen molar-refractivity contribution in [3.63, 3.8) is 0 Å². The van der Waals surface area contributed by atoms with Gasteiger partial charge in [-0.25, -0.2) is 9.97 Å². The van der Waals surface area contributed by atoms with Gasteiger partial charge in [-0.3, -0.25) is 24.1 Å². The van der Waals surface area contributed by atoms with Crippen molar-refractivity contribution in [2.24, 2.45) is 5.41 Å². The predicted molar refractivity (Wildman–Crippen MR) is 258 cm³/mol. The van der Waals surface area contributed by atoms with Gasteiger partial charge in [0.05, 0.1) is 39.6 Å². The molecule has 2 saturated heterocycles. The van der Waals surface area contributed by atoms with Crippen LogP contribution in [-0.4, -0.2) is 101 Å². The lowest BCUT2D eigenvalue weighted by atomic mass is 9.85. The number of nitriles is 1. The molecular formula is C48H57ClN8O7S2. The number of pyridine rings is 1. The second-order valence-electron chi connectivity index (χ2n) is 17.8. The average molecular weight is 958 g/mol. The molecular weight excluding hydrogens is 900 g/mol. The van der Waals surface area contributed by atoms with Crippen molar-refractivity contribution in [1.82, 2.24) is 25.5 Å². The topological polar surface area (TPSA) is 179 Å². The highest BCUT2D eigenvalue weighted by molar-refractivity contribution is 7.81. The van der Waals surface area contributed by atoms with Gasteiger partial charge in [-0.2, -0.15) is 5.26 Å². The third kappa shape index (κ3) is 12.1. The normalized spacial score (nSPS) is 16.3. The number of carbonyl (C=O) groups is 4. The monoisotopic (exact) mass is 956 g/mol. The molecule has 18 heteroatoms. The number of likely N-dealkylation sites (tertiary alicyclic amines) is 1. The minimum Gasteiger partial charge on any atom is -0.494 e. The molecule has 4 aromatic rings. The predicted octanol–water partition coefficient (Wildman–Crippen LogP) is 7.38. The molecule has 2 aromatic carbocycles. The lowest BCUT2D eigenvalue weighted by Crippen LogP contribution is -2.58. The molecule has 4 amide bonds. The van der Waals surface area contributed by atoms with E-state index in [-0.39, 0.29) is 40.2 Å². The van der Waals surface area contributed by atoms with Crippen LogP contribution in [0.2, 0.25) is 5.02 Å². The van der Waals surface area contributed by atoms with Crippen LogP contribution in [0.3, 0.4) is 0 Å². The molecule has 0 spiro atoms. The number of ether oxygens (including phenoxy) is 3. The van der Waals surface area contributed by atoms with Crippen LogP contribution in [0, 0.1) is 23.7 Å². The van der Waals surface area contributed by atoms with Gasteiger partial charge in [-0.05, 0) is 112 Å². The molecule has 2 aliphatic rings. The minimum absolute atomic E-state index is 0.0659. The Bertz CT molecular complexity index is 2420. The smallest absolute Gasteiger partial charge is 0.259 e. The van der Waals surface area contributed by atoms with E-state index in [2.05, 4.69) is 20.6 Å². The quantitative estimate of drug-likeness (QED) is 0.0665. The Labute approximate surface area is 400 Å². The molecule has 0 aliphatic carbocycles. The van der Waals surface area contributed by atoms with E-state index in [1.54, 1.807) is 35.0 Å². The third-order valence-electron chi connectivity index (χ3n) is 11.4. The van der Waals surface area contributed by atoms with Crippen LogP contribution in [0.15, 0.2) is 66.3 Å². The van der Waals surface area contributed by atoms with Crippen molar-refractivity contribution < 1.29 is 33.4 Å². The van der Waals surface area contributed by atoms with Gasteiger partial charge in [-0.1, -0.05) is 56.6 Å². The van der Waals surface area contributed by atoms with Crippen LogP contribution < -0.4 is 25.2 Å². The maximum atomic E-state index is 13.9. The maximum Gasteiger partial charge on any atom is 0.259 e. The van der Waals surface area contributed by atoms with E-state index in [1.165, 1.54) is 17.2 Å². The second-order valence-corrected chi connectivity index (χ2v) is 19.4. The van der Waals surface area contributed by atoms with Crippen LogP contribution in [0.1, 0.15) is 83.7 Å². The highest BCUT2D eigenvalue weighted by Crippen LogP contribution is 2.38. The first kappa shape index (κ1) is 49.9. The number of nitrogens with one attached hydrogen (secondary N) is 2. The summed E-state index contributed by atoms with van der Waals surface area (Å²) in [5.74, 6) is -0.462. The summed E-state index contributed by atoms with van der Waals surface area (Å²) in [5.41, 5.74) is 4.43. The Kier molecular flexibility index (Phi) is 16.9. The van der Waals surface area contributed by atoms with Crippen LogP contribution in [0.25, 0.3) is 10.4 Å². The van der Waals surface area contributed by atoms with Gasteiger partial charge in [0.25, 0.3) is 5.91 Å². The number of thiocarbonyl (C=S) groups is 1. The molecule has 4 heterocycles. The van der Waals surface area contributed by atoms with E-state index >= 15 is 0 Å². The zero-order chi connectivity index (χ0) is 47.6. The molecule has 2 N–H and O–H groups in total. The fraction of sp³-hybridized carbons (Fsp3) is 0.458. The first-order valence-corrected chi connectivity index (χ1v) is 23.7. The number of aromatic nitrogens is 2. The molecule has 0 radical (unpaired) electrons. The number of halogens is 1. The highest BCUT2D eigenvalue weighted by Gasteiger charge is 2.50. The zero-order valence-electron chi connectivity index (χ0n) is 38.2. The second kappa shape index (κ2) is 22.3. The SMILES string of the molecule is Cc1ncsc1-c1ccc(CNC(=O)[C@@H]2CCCN2C(=O)[C@@H](NC(=O)COCCCOCCCCOc2ccc(N3C(=S)N(c4cnc(C#N)c(Cl)c4)C(=O)C3(C)C)cc2)C(C)(C)C)cc1. The zero-order valence-corrected chi connectivity index (χ0v) is 40.6. The number of hydrogen-bond donors (Lipinski definition) is 2. The number of aryl methyl sites for hydroxylation is 1. The van der Waals surface area contributed by atoms with Crippen molar-refractivity contribution >= 4 is 75.3 Å². The summed E-state index contributed by atoms with van der Waals surface area (Å²) in [6.07, 6.45) is 4.81. The summed E-state index contributed by atoms with van der Waals surface area (Å²) in [5, 5.41) is 15.5. The Morgan fingerprint density at radius 1 is 1.00 bits per heavy atom. The van der Waals surface area contributed by atoms with E-state index in [1.807, 2.05) is 87.8 Å². The molecule has 0 unspecified atom stereocenters. The molecule has 350 valence electrons. The summed E-state index contributed by atoms with van der Waals surface area (Å²) in [4.78, 5) is 68.0. The van der Waals surface area contributed by atoms with Crippen molar-refractivity contribution in [2.75, 3.05) is 49.4 Å². The van der Waals surface area contributed by atoms with Crippen molar-refractivity contribution in [1.29, 1.82) is 5.26 Å². The average Bonchev–Trinajstić information content (AvgIpc) is 4.00. The summed E-state index contributed by atoms with van der Waals surface area (Å²) in [6, 6.07) is 17.4. The number of rotatable bonds is 20. The third-order valence-corrected chi connectivity index (χ3v) is 13.0. The number of nitrogens with zero attached hydrogens (tertiary/aromatic N) is 6. The molecule has 0 saturated carbocycles. The Hall–Kier alpha value is -5.51. The number of hydrogen-bond acceptors (Lipinski definition) is 12. The van der Waals surface area contributed by atoms with Crippen molar-refractivity contribution in [3.05, 3.63) is 88.3 Å². The minimum atomic E-state index is -0.989. The Morgan fingerprint density at radius 2 is 1.70 bits per heavy atom. The Balaban J connectivity index is 0.846. The molecule has 2 aliphatic heterocycles. The van der Waals surface area contributed by atoms with E-state index < -0.39 is 28.9 Å². The van der Waals surface area contributed by atoms with Gasteiger partial charge in [0.2, 0.25) is 17.7 Å². The molecule has 66 heavy (non-hydrogen) atoms. The number of unbranched alkanes of at least 4 members (excludes halogenated alkanes) is 1. The van der Waals surface area contributed by atoms with Gasteiger partial charge in [0.1, 0.15) is 36.0 Å². The van der Waals surface area contributed by atoms with Crippen molar-refractivity contribution in [2.45, 2.75) is 97.8 Å². The number of anilines is 2. The summed E-state index contributed by atoms with van der Waals surface area (Å²) >= 11 is 13.5. The van der Waals surface area contributed by atoms with Crippen LogP contribution in [0.4, 0.5) is 11.4 Å². The number of thiazole rings is 1. The summed E-state index contributed by atoms with van der Waals surface area (Å²) in [7, 11) is 0. The lowest BCUT2D eigenvalue weighted by molar-refractivity contribution is -0.144. The largest absolute Gasteiger partial charge is 0.494 e. The first-order chi connectivity index (χ1) is 31.5. The Morgan fingerprint density at radius 3 is 2.36 bits per heavy atom. The maximum absolute atomic E-state index is 13.9. The molecule has 2 fully saturated rings. The van der Waals surface area contributed by atoms with E-state index in [0.29, 0.717) is 75.9 Å². The lowest BCUT2D eigenvalue weighted by Gasteiger charge is -2.35. The molecule has 0 bridgehead atoms. The van der Waals surface area contributed by atoms with Crippen LogP contribution in [-0.2, 0) is 35.2 Å². The molecule has 2 atom stereocenters. The van der Waals surface area contributed by atoms with E-state index in [0.717, 1.165) is 34.5 Å². The fourth-order valence-corrected chi connectivity index (χ4v) is 9.32. The number of carbonyl (C=O) groups excluding carboxylic acids is 4. The van der Waals surface area contributed by atoms with Gasteiger partial charge < -0.3 is 34.6 Å². The summed E-state index contributed by atoms with van der Waals surface area (Å²) < 4.78 is 17.3. The van der Waals surface area contributed by atoms with Gasteiger partial charge in [0.15, 0.2) is 10.8 Å². The van der Waals surface area contributed by atoms with Crippen molar-refractivity contribution in [3.8, 4) is 22.3 Å². The fourth-order valence-electron chi connectivity index (χ4n) is 7.79.